The van der Waals surface area contributed by atoms with Gasteiger partial charge in [-0.15, -0.1) is 0 Å². The van der Waals surface area contributed by atoms with Gasteiger partial charge in [-0.1, -0.05) is 37.6 Å². The Labute approximate surface area is 199 Å². The number of nitrogens with one attached hydrogen (secondary N) is 1. The molecule has 1 fully saturated rings. The molecule has 0 spiro atoms. The lowest BCUT2D eigenvalue weighted by Crippen LogP contribution is -2.28. The molecule has 2 amide bonds. The van der Waals surface area contributed by atoms with E-state index in [1.807, 2.05) is 37.3 Å². The van der Waals surface area contributed by atoms with E-state index in [-0.39, 0.29) is 18.2 Å². The number of amides is 2. The summed E-state index contributed by atoms with van der Waals surface area (Å²) in [6.07, 6.45) is 0.182. The SMILES string of the molecule is Cc1ccc(C(C)C)c(Oc2ccc(NC(=O)[C@H]3CC(=O)N(c4ccc(Cl)cc4)C3)cc2)c1. The maximum Gasteiger partial charge on any atom is 0.229 e. The first-order valence-electron chi connectivity index (χ1n) is 11.1. The molecule has 0 aliphatic carbocycles. The van der Waals surface area contributed by atoms with Gasteiger partial charge in [-0.2, -0.15) is 0 Å². The lowest BCUT2D eigenvalue weighted by Gasteiger charge is -2.17. The van der Waals surface area contributed by atoms with E-state index in [0.29, 0.717) is 28.9 Å². The summed E-state index contributed by atoms with van der Waals surface area (Å²) in [5.74, 6) is 1.24. The van der Waals surface area contributed by atoms with Gasteiger partial charge in [0.2, 0.25) is 11.8 Å². The highest BCUT2D eigenvalue weighted by Crippen LogP contribution is 2.32. The molecular formula is C27H27ClN2O3. The molecule has 33 heavy (non-hydrogen) atoms. The van der Waals surface area contributed by atoms with E-state index in [2.05, 4.69) is 31.3 Å². The van der Waals surface area contributed by atoms with Crippen LogP contribution in [0.15, 0.2) is 66.7 Å². The molecule has 3 aromatic carbocycles. The first-order valence-corrected chi connectivity index (χ1v) is 11.4. The van der Waals surface area contributed by atoms with Gasteiger partial charge >= 0.3 is 0 Å². The van der Waals surface area contributed by atoms with E-state index in [1.165, 1.54) is 0 Å². The number of hydrogen-bond acceptors (Lipinski definition) is 3. The van der Waals surface area contributed by atoms with E-state index in [4.69, 9.17) is 16.3 Å². The predicted octanol–water partition coefficient (Wildman–Crippen LogP) is 6.56. The van der Waals surface area contributed by atoms with Gasteiger partial charge in [0.05, 0.1) is 5.92 Å². The molecule has 4 rings (SSSR count). The highest BCUT2D eigenvalue weighted by Gasteiger charge is 2.35. The largest absolute Gasteiger partial charge is 0.457 e. The summed E-state index contributed by atoms with van der Waals surface area (Å²) in [5.41, 5.74) is 3.70. The number of rotatable bonds is 6. The molecule has 170 valence electrons. The van der Waals surface area contributed by atoms with Crippen molar-refractivity contribution < 1.29 is 14.3 Å². The first kappa shape index (κ1) is 22.9. The fraction of sp³-hybridized carbons (Fsp3) is 0.259. The molecule has 6 heteroatoms. The second-order valence-corrected chi connectivity index (χ2v) is 9.13. The molecule has 0 radical (unpaired) electrons. The van der Waals surface area contributed by atoms with Gasteiger partial charge in [-0.25, -0.2) is 0 Å². The predicted molar refractivity (Wildman–Crippen MR) is 132 cm³/mol. The van der Waals surface area contributed by atoms with Crippen LogP contribution in [0, 0.1) is 12.8 Å². The van der Waals surface area contributed by atoms with Crippen molar-refractivity contribution in [1.29, 1.82) is 0 Å². The van der Waals surface area contributed by atoms with Crippen molar-refractivity contribution >= 4 is 34.8 Å². The minimum atomic E-state index is -0.412. The minimum absolute atomic E-state index is 0.0691. The van der Waals surface area contributed by atoms with Gasteiger partial charge in [0.25, 0.3) is 0 Å². The zero-order valence-corrected chi connectivity index (χ0v) is 19.7. The third kappa shape index (κ3) is 5.37. The Bertz CT molecular complexity index is 1160. The fourth-order valence-corrected chi connectivity index (χ4v) is 4.06. The molecule has 0 bridgehead atoms. The topological polar surface area (TPSA) is 58.6 Å². The van der Waals surface area contributed by atoms with Crippen molar-refractivity contribution in [2.24, 2.45) is 5.92 Å². The number of hydrogen-bond donors (Lipinski definition) is 1. The minimum Gasteiger partial charge on any atom is -0.457 e. The normalized spacial score (nSPS) is 15.7. The molecule has 1 saturated heterocycles. The van der Waals surface area contributed by atoms with Crippen LogP contribution in [0.4, 0.5) is 11.4 Å². The van der Waals surface area contributed by atoms with Crippen LogP contribution in [0.5, 0.6) is 11.5 Å². The summed E-state index contributed by atoms with van der Waals surface area (Å²) in [6, 6.07) is 20.6. The number of benzene rings is 3. The second kappa shape index (κ2) is 9.67. The van der Waals surface area contributed by atoms with Crippen molar-refractivity contribution in [1.82, 2.24) is 0 Å². The Morgan fingerprint density at radius 2 is 1.76 bits per heavy atom. The molecular weight excluding hydrogens is 436 g/mol. The van der Waals surface area contributed by atoms with Crippen LogP contribution in [-0.4, -0.2) is 18.4 Å². The molecule has 3 aromatic rings. The number of carbonyl (C=O) groups is 2. The van der Waals surface area contributed by atoms with Crippen molar-refractivity contribution in [3.05, 3.63) is 82.9 Å². The van der Waals surface area contributed by atoms with Crippen molar-refractivity contribution in [2.75, 3.05) is 16.8 Å². The Hall–Kier alpha value is -3.31. The second-order valence-electron chi connectivity index (χ2n) is 8.69. The maximum atomic E-state index is 12.8. The lowest BCUT2D eigenvalue weighted by molar-refractivity contribution is -0.122. The molecule has 1 aliphatic heterocycles. The zero-order chi connectivity index (χ0) is 23.5. The van der Waals surface area contributed by atoms with Crippen molar-refractivity contribution in [3.8, 4) is 11.5 Å². The van der Waals surface area contributed by atoms with Crippen molar-refractivity contribution in [3.63, 3.8) is 0 Å². The highest BCUT2D eigenvalue weighted by molar-refractivity contribution is 6.30. The Balaban J connectivity index is 1.39. The van der Waals surface area contributed by atoms with Gasteiger partial charge < -0.3 is 15.0 Å². The van der Waals surface area contributed by atoms with E-state index < -0.39 is 5.92 Å². The van der Waals surface area contributed by atoms with Gasteiger partial charge in [-0.05, 0) is 78.6 Å². The van der Waals surface area contributed by atoms with Crippen LogP contribution in [0.25, 0.3) is 0 Å². The third-order valence-electron chi connectivity index (χ3n) is 5.77. The molecule has 1 atom stereocenters. The molecule has 0 unspecified atom stereocenters. The zero-order valence-electron chi connectivity index (χ0n) is 19.0. The summed E-state index contributed by atoms with van der Waals surface area (Å²) >= 11 is 5.93. The summed E-state index contributed by atoms with van der Waals surface area (Å²) < 4.78 is 6.12. The first-order chi connectivity index (χ1) is 15.8. The molecule has 0 saturated carbocycles. The Morgan fingerprint density at radius 3 is 2.42 bits per heavy atom. The quantitative estimate of drug-likeness (QED) is 0.451. The van der Waals surface area contributed by atoms with Crippen LogP contribution in [0.3, 0.4) is 0 Å². The molecule has 0 aromatic heterocycles. The van der Waals surface area contributed by atoms with Crippen LogP contribution < -0.4 is 15.0 Å². The van der Waals surface area contributed by atoms with E-state index in [9.17, 15) is 9.59 Å². The molecule has 1 aliphatic rings. The molecule has 1 N–H and O–H groups in total. The highest BCUT2D eigenvalue weighted by atomic mass is 35.5. The van der Waals surface area contributed by atoms with Gasteiger partial charge in [0.1, 0.15) is 11.5 Å². The van der Waals surface area contributed by atoms with E-state index >= 15 is 0 Å². The summed E-state index contributed by atoms with van der Waals surface area (Å²) in [4.78, 5) is 26.9. The van der Waals surface area contributed by atoms with Crippen LogP contribution in [0.1, 0.15) is 37.3 Å². The van der Waals surface area contributed by atoms with E-state index in [0.717, 1.165) is 22.6 Å². The van der Waals surface area contributed by atoms with Crippen LogP contribution >= 0.6 is 11.6 Å². The average Bonchev–Trinajstić information content (AvgIpc) is 3.17. The molecule has 5 nitrogen and oxygen atoms in total. The number of nitrogens with zero attached hydrogens (tertiary/aromatic N) is 1. The summed E-state index contributed by atoms with van der Waals surface area (Å²) in [7, 11) is 0. The smallest absolute Gasteiger partial charge is 0.229 e. The number of aryl methyl sites for hydroxylation is 1. The van der Waals surface area contributed by atoms with Gasteiger partial charge in [0.15, 0.2) is 0 Å². The molecule has 1 heterocycles. The lowest BCUT2D eigenvalue weighted by atomic mass is 10.0. The number of carbonyl (C=O) groups excluding carboxylic acids is 2. The number of halogens is 1. The van der Waals surface area contributed by atoms with Crippen LogP contribution in [0.2, 0.25) is 5.02 Å². The van der Waals surface area contributed by atoms with Crippen LogP contribution in [-0.2, 0) is 9.59 Å². The average molecular weight is 463 g/mol. The number of anilines is 2. The number of ether oxygens (including phenoxy) is 1. The monoisotopic (exact) mass is 462 g/mol. The van der Waals surface area contributed by atoms with Gasteiger partial charge in [0, 0.05) is 29.4 Å². The Morgan fingerprint density at radius 1 is 1.06 bits per heavy atom. The Kier molecular flexibility index (Phi) is 6.70. The maximum absolute atomic E-state index is 12.8. The van der Waals surface area contributed by atoms with E-state index in [1.54, 1.807) is 29.2 Å². The summed E-state index contributed by atoms with van der Waals surface area (Å²) in [5, 5.41) is 3.53. The fourth-order valence-electron chi connectivity index (χ4n) is 3.94. The standard InChI is InChI=1S/C27H27ClN2O3/c1-17(2)24-13-4-18(3)14-25(24)33-23-11-7-21(8-12-23)29-27(32)19-15-26(31)30(16-19)22-9-5-20(28)6-10-22/h4-14,17,19H,15-16H2,1-3H3,(H,29,32)/t19-/m0/s1. The summed E-state index contributed by atoms with van der Waals surface area (Å²) in [6.45, 7) is 6.66. The third-order valence-corrected chi connectivity index (χ3v) is 6.03. The van der Waals surface area contributed by atoms with Gasteiger partial charge in [-0.3, -0.25) is 9.59 Å². The van der Waals surface area contributed by atoms with Crippen molar-refractivity contribution in [2.45, 2.75) is 33.1 Å².